The molecule has 11 heteroatoms. The first-order valence-electron chi connectivity index (χ1n) is 10.2. The van der Waals surface area contributed by atoms with Gasteiger partial charge in [0.1, 0.15) is 5.92 Å². The van der Waals surface area contributed by atoms with Crippen molar-refractivity contribution in [3.63, 3.8) is 0 Å². The van der Waals surface area contributed by atoms with E-state index in [0.717, 1.165) is 23.3 Å². The van der Waals surface area contributed by atoms with Crippen LogP contribution in [0, 0.1) is 17.2 Å². The molecule has 2 aromatic carbocycles. The number of thioether (sulfide) groups is 1. The zero-order valence-electron chi connectivity index (χ0n) is 18.7. The van der Waals surface area contributed by atoms with E-state index in [1.807, 2.05) is 0 Å². The van der Waals surface area contributed by atoms with Crippen molar-refractivity contribution in [2.45, 2.75) is 5.92 Å². The van der Waals surface area contributed by atoms with Gasteiger partial charge in [-0.1, -0.05) is 39.8 Å². The molecule has 2 aromatic rings. The minimum absolute atomic E-state index is 0.0895. The maximum Gasteiger partial charge on any atom is 0.337 e. The fraction of sp³-hybridized carbons (Fsp3) is 0.208. The number of hydrogen-bond donors (Lipinski definition) is 2. The van der Waals surface area contributed by atoms with E-state index in [1.165, 1.54) is 19.2 Å². The third-order valence-electron chi connectivity index (χ3n) is 5.15. The average Bonchev–Trinajstić information content (AvgIpc) is 2.87. The van der Waals surface area contributed by atoms with Crippen LogP contribution in [0.3, 0.4) is 0 Å². The molecular weight excluding hydrogens is 538 g/mol. The summed E-state index contributed by atoms with van der Waals surface area (Å²) in [5, 5.41) is 15.4. The molecule has 35 heavy (non-hydrogen) atoms. The lowest BCUT2D eigenvalue weighted by Gasteiger charge is -2.31. The van der Waals surface area contributed by atoms with Crippen LogP contribution in [-0.2, 0) is 23.9 Å². The highest BCUT2D eigenvalue weighted by Crippen LogP contribution is 2.40. The molecule has 0 radical (unpaired) electrons. The van der Waals surface area contributed by atoms with Crippen molar-refractivity contribution in [1.82, 2.24) is 5.32 Å². The van der Waals surface area contributed by atoms with E-state index >= 15 is 0 Å². The number of benzene rings is 2. The molecule has 0 aromatic heterocycles. The van der Waals surface area contributed by atoms with Gasteiger partial charge in [0, 0.05) is 16.1 Å². The number of amides is 2. The highest BCUT2D eigenvalue weighted by Gasteiger charge is 2.44. The number of carbonyl (C=O) groups excluding carboxylic acids is 4. The van der Waals surface area contributed by atoms with Gasteiger partial charge in [-0.15, -0.1) is 0 Å². The number of methoxy groups -OCH3 is 2. The Morgan fingerprint density at radius 3 is 2.31 bits per heavy atom. The average molecular weight is 558 g/mol. The Balaban J connectivity index is 1.90. The summed E-state index contributed by atoms with van der Waals surface area (Å²) >= 11 is 4.30. The van der Waals surface area contributed by atoms with E-state index in [9.17, 15) is 24.4 Å². The zero-order chi connectivity index (χ0) is 25.5. The Hall–Kier alpha value is -3.62. The van der Waals surface area contributed by atoms with Gasteiger partial charge in [0.2, 0.25) is 11.8 Å². The molecule has 1 aliphatic heterocycles. The summed E-state index contributed by atoms with van der Waals surface area (Å²) in [6.45, 7) is 0. The number of allylic oxidation sites excluding steroid dienone is 1. The molecule has 2 atom stereocenters. The first-order chi connectivity index (χ1) is 16.8. The number of ether oxygens (including phenoxy) is 2. The van der Waals surface area contributed by atoms with Gasteiger partial charge in [-0.25, -0.2) is 4.79 Å². The number of nitrogens with zero attached hydrogens (tertiary/aromatic N) is 1. The second-order valence-corrected chi connectivity index (χ2v) is 9.18. The highest BCUT2D eigenvalue weighted by atomic mass is 79.9. The topological polar surface area (TPSA) is 135 Å². The van der Waals surface area contributed by atoms with E-state index in [1.54, 1.807) is 36.4 Å². The minimum atomic E-state index is -1.32. The SMILES string of the molecule is COC(=O)c1ccc([C@@H]2C(C#N)=C(SCC(=O)Nc3ccc(Br)cc3)NC(=O)[C@H]2C(=O)OC)cc1. The molecule has 180 valence electrons. The molecule has 0 spiro atoms. The molecule has 3 rings (SSSR count). The van der Waals surface area contributed by atoms with Gasteiger partial charge in [0.25, 0.3) is 0 Å². The minimum Gasteiger partial charge on any atom is -0.468 e. The molecule has 0 unspecified atom stereocenters. The van der Waals surface area contributed by atoms with Crippen molar-refractivity contribution in [1.29, 1.82) is 5.26 Å². The molecule has 2 N–H and O–H groups in total. The lowest BCUT2D eigenvalue weighted by atomic mass is 9.78. The molecule has 0 saturated carbocycles. The monoisotopic (exact) mass is 557 g/mol. The number of halogens is 1. The van der Waals surface area contributed by atoms with Gasteiger partial charge in [-0.3, -0.25) is 14.4 Å². The summed E-state index contributed by atoms with van der Waals surface area (Å²) in [5.74, 6) is -4.74. The van der Waals surface area contributed by atoms with E-state index in [4.69, 9.17) is 9.47 Å². The molecule has 0 aliphatic carbocycles. The summed E-state index contributed by atoms with van der Waals surface area (Å²) in [7, 11) is 2.40. The molecule has 2 amide bonds. The maximum absolute atomic E-state index is 12.9. The Morgan fingerprint density at radius 2 is 1.74 bits per heavy atom. The normalized spacial score (nSPS) is 17.1. The quantitative estimate of drug-likeness (QED) is 0.391. The molecule has 0 fully saturated rings. The largest absolute Gasteiger partial charge is 0.468 e. The first kappa shape index (κ1) is 26.0. The zero-order valence-corrected chi connectivity index (χ0v) is 21.1. The number of hydrogen-bond acceptors (Lipinski definition) is 8. The molecule has 0 saturated heterocycles. The molecular formula is C24H20BrN3O6S. The van der Waals surface area contributed by atoms with E-state index < -0.39 is 29.7 Å². The lowest BCUT2D eigenvalue weighted by molar-refractivity contribution is -0.150. The molecule has 1 aliphatic rings. The van der Waals surface area contributed by atoms with E-state index in [2.05, 4.69) is 32.6 Å². The predicted octanol–water partition coefficient (Wildman–Crippen LogP) is 3.35. The van der Waals surface area contributed by atoms with Crippen molar-refractivity contribution < 1.29 is 28.7 Å². The predicted molar refractivity (Wildman–Crippen MR) is 132 cm³/mol. The summed E-state index contributed by atoms with van der Waals surface area (Å²) < 4.78 is 10.4. The molecule has 9 nitrogen and oxygen atoms in total. The van der Waals surface area contributed by atoms with Gasteiger partial charge in [-0.2, -0.15) is 5.26 Å². The van der Waals surface area contributed by atoms with Crippen molar-refractivity contribution in [2.24, 2.45) is 5.92 Å². The van der Waals surface area contributed by atoms with Crippen molar-refractivity contribution >= 4 is 57.1 Å². The number of anilines is 1. The first-order valence-corrected chi connectivity index (χ1v) is 12.0. The Morgan fingerprint density at radius 1 is 1.09 bits per heavy atom. The standard InChI is InChI=1S/C24H20BrN3O6S/c1-33-23(31)14-5-3-13(4-6-14)19-17(11-26)22(28-21(30)20(19)24(32)34-2)35-12-18(29)27-16-9-7-15(25)8-10-16/h3-10,19-20H,12H2,1-2H3,(H,27,29)(H,28,30)/t19-,20+/m1/s1. The third kappa shape index (κ3) is 6.09. The summed E-state index contributed by atoms with van der Waals surface area (Å²) in [5.41, 5.74) is 1.42. The van der Waals surface area contributed by atoms with Gasteiger partial charge in [0.15, 0.2) is 0 Å². The van der Waals surface area contributed by atoms with Gasteiger partial charge in [0.05, 0.1) is 42.2 Å². The van der Waals surface area contributed by atoms with Crippen LogP contribution in [-0.4, -0.2) is 43.7 Å². The van der Waals surface area contributed by atoms with Crippen molar-refractivity contribution in [3.8, 4) is 6.07 Å². The Labute approximate surface area is 214 Å². The summed E-state index contributed by atoms with van der Waals surface area (Å²) in [6, 6.07) is 15.1. The van der Waals surface area contributed by atoms with Crippen LogP contribution in [0.1, 0.15) is 21.8 Å². The van der Waals surface area contributed by atoms with Crippen LogP contribution in [0.5, 0.6) is 0 Å². The number of nitrogens with one attached hydrogen (secondary N) is 2. The van der Waals surface area contributed by atoms with Crippen molar-refractivity contribution in [3.05, 3.63) is 74.7 Å². The summed E-state index contributed by atoms with van der Waals surface area (Å²) in [6.07, 6.45) is 0. The van der Waals surface area contributed by atoms with E-state index in [-0.39, 0.29) is 27.8 Å². The van der Waals surface area contributed by atoms with E-state index in [0.29, 0.717) is 11.3 Å². The maximum atomic E-state index is 12.9. The number of nitriles is 1. The molecule has 0 bridgehead atoms. The van der Waals surface area contributed by atoms with Crippen molar-refractivity contribution in [2.75, 3.05) is 25.3 Å². The van der Waals surface area contributed by atoms with Crippen LogP contribution in [0.15, 0.2) is 63.6 Å². The number of esters is 2. The fourth-order valence-corrected chi connectivity index (χ4v) is 4.60. The molecule has 1 heterocycles. The van der Waals surface area contributed by atoms with Crippen LogP contribution in [0.2, 0.25) is 0 Å². The second kappa shape index (κ2) is 11.7. The van der Waals surface area contributed by atoms with Crippen LogP contribution in [0.4, 0.5) is 5.69 Å². The fourth-order valence-electron chi connectivity index (χ4n) is 3.49. The smallest absolute Gasteiger partial charge is 0.337 e. The van der Waals surface area contributed by atoms with Crippen LogP contribution < -0.4 is 10.6 Å². The van der Waals surface area contributed by atoms with Gasteiger partial charge >= 0.3 is 11.9 Å². The Kier molecular flexibility index (Phi) is 8.68. The van der Waals surface area contributed by atoms with Gasteiger partial charge < -0.3 is 20.1 Å². The van der Waals surface area contributed by atoms with Crippen LogP contribution in [0.25, 0.3) is 0 Å². The summed E-state index contributed by atoms with van der Waals surface area (Å²) in [4.78, 5) is 49.6. The number of rotatable bonds is 7. The highest BCUT2D eigenvalue weighted by molar-refractivity contribution is 9.10. The third-order valence-corrected chi connectivity index (χ3v) is 6.70. The second-order valence-electron chi connectivity index (χ2n) is 7.28. The van der Waals surface area contributed by atoms with Gasteiger partial charge in [-0.05, 0) is 42.0 Å². The number of carbonyl (C=O) groups is 4. The lowest BCUT2D eigenvalue weighted by Crippen LogP contribution is -2.44. The van der Waals surface area contributed by atoms with Crippen LogP contribution >= 0.6 is 27.7 Å². The Bertz CT molecular complexity index is 1220.